The number of fused-ring (bicyclic) bond motifs is 1. The molecule has 50 valence electrons. The SMILES string of the molecule is Clc1ccc2c[nH+]oc2c1. The first-order valence-electron chi connectivity index (χ1n) is 2.91. The molecule has 10 heavy (non-hydrogen) atoms. The Morgan fingerprint density at radius 2 is 2.30 bits per heavy atom. The molecule has 0 saturated heterocycles. The van der Waals surface area contributed by atoms with Crippen molar-refractivity contribution in [2.45, 2.75) is 0 Å². The molecule has 0 aliphatic heterocycles. The molecule has 3 heteroatoms. The van der Waals surface area contributed by atoms with Gasteiger partial charge in [0.2, 0.25) is 11.8 Å². The van der Waals surface area contributed by atoms with Crippen LogP contribution in [0.15, 0.2) is 28.9 Å². The molecule has 0 spiro atoms. The fraction of sp³-hybridized carbons (Fsp3) is 0. The third kappa shape index (κ3) is 0.772. The van der Waals surface area contributed by atoms with Crippen molar-refractivity contribution in [1.29, 1.82) is 0 Å². The van der Waals surface area contributed by atoms with Crippen LogP contribution >= 0.6 is 11.6 Å². The minimum Gasteiger partial charge on any atom is -0.238 e. The van der Waals surface area contributed by atoms with Crippen molar-refractivity contribution in [1.82, 2.24) is 0 Å². The summed E-state index contributed by atoms with van der Waals surface area (Å²) >= 11 is 5.70. The summed E-state index contributed by atoms with van der Waals surface area (Å²) in [6, 6.07) is 5.50. The van der Waals surface area contributed by atoms with E-state index in [0.29, 0.717) is 5.02 Å². The highest BCUT2D eigenvalue weighted by Crippen LogP contribution is 2.16. The van der Waals surface area contributed by atoms with E-state index < -0.39 is 0 Å². The fourth-order valence-corrected chi connectivity index (χ4v) is 1.03. The van der Waals surface area contributed by atoms with Gasteiger partial charge in [-0.15, -0.1) is 0 Å². The van der Waals surface area contributed by atoms with Crippen LogP contribution in [-0.2, 0) is 0 Å². The topological polar surface area (TPSA) is 27.3 Å². The maximum Gasteiger partial charge on any atom is 0.224 e. The van der Waals surface area contributed by atoms with E-state index in [2.05, 4.69) is 5.16 Å². The van der Waals surface area contributed by atoms with E-state index in [9.17, 15) is 0 Å². The van der Waals surface area contributed by atoms with Crippen molar-refractivity contribution in [3.63, 3.8) is 0 Å². The van der Waals surface area contributed by atoms with Crippen LogP contribution < -0.4 is 5.16 Å². The second kappa shape index (κ2) is 1.99. The summed E-state index contributed by atoms with van der Waals surface area (Å²) in [4.78, 5) is 0. The quantitative estimate of drug-likeness (QED) is 0.570. The van der Waals surface area contributed by atoms with Crippen molar-refractivity contribution in [3.05, 3.63) is 29.4 Å². The van der Waals surface area contributed by atoms with Gasteiger partial charge in [0.05, 0.1) is 5.39 Å². The van der Waals surface area contributed by atoms with Crippen molar-refractivity contribution >= 4 is 22.6 Å². The van der Waals surface area contributed by atoms with Gasteiger partial charge < -0.3 is 0 Å². The van der Waals surface area contributed by atoms with Crippen molar-refractivity contribution in [2.75, 3.05) is 0 Å². The second-order valence-corrected chi connectivity index (χ2v) is 2.48. The fourth-order valence-electron chi connectivity index (χ4n) is 0.872. The van der Waals surface area contributed by atoms with Crippen LogP contribution in [0.4, 0.5) is 0 Å². The molecule has 1 aromatic heterocycles. The van der Waals surface area contributed by atoms with Crippen LogP contribution in [0.2, 0.25) is 5.02 Å². The molecule has 0 bridgehead atoms. The number of nitrogens with one attached hydrogen (secondary N) is 1. The molecule has 0 aliphatic rings. The summed E-state index contributed by atoms with van der Waals surface area (Å²) in [6.45, 7) is 0. The Morgan fingerprint density at radius 1 is 1.40 bits per heavy atom. The zero-order chi connectivity index (χ0) is 6.97. The minimum absolute atomic E-state index is 0.691. The molecule has 0 saturated carbocycles. The Hall–Kier alpha value is -1.02. The zero-order valence-corrected chi connectivity index (χ0v) is 5.85. The number of hydrogen-bond acceptors (Lipinski definition) is 1. The van der Waals surface area contributed by atoms with Gasteiger partial charge in [0, 0.05) is 11.1 Å². The zero-order valence-electron chi connectivity index (χ0n) is 5.10. The smallest absolute Gasteiger partial charge is 0.224 e. The van der Waals surface area contributed by atoms with Crippen LogP contribution in [0, 0.1) is 0 Å². The van der Waals surface area contributed by atoms with Crippen molar-refractivity contribution in [2.24, 2.45) is 0 Å². The van der Waals surface area contributed by atoms with Gasteiger partial charge in [-0.2, -0.15) is 0 Å². The van der Waals surface area contributed by atoms with Crippen LogP contribution in [0.5, 0.6) is 0 Å². The molecule has 0 radical (unpaired) electrons. The molecular weight excluding hydrogens is 150 g/mol. The highest BCUT2D eigenvalue weighted by atomic mass is 35.5. The highest BCUT2D eigenvalue weighted by molar-refractivity contribution is 6.31. The van der Waals surface area contributed by atoms with Gasteiger partial charge in [-0.05, 0) is 17.3 Å². The van der Waals surface area contributed by atoms with Crippen LogP contribution in [0.3, 0.4) is 0 Å². The van der Waals surface area contributed by atoms with Gasteiger partial charge in [-0.1, -0.05) is 11.6 Å². The minimum atomic E-state index is 0.691. The molecule has 2 aromatic rings. The summed E-state index contributed by atoms with van der Waals surface area (Å²) in [7, 11) is 0. The monoisotopic (exact) mass is 154 g/mol. The van der Waals surface area contributed by atoms with Gasteiger partial charge in [-0.25, -0.2) is 4.52 Å². The van der Waals surface area contributed by atoms with Crippen LogP contribution in [0.1, 0.15) is 0 Å². The maximum absolute atomic E-state index is 5.70. The van der Waals surface area contributed by atoms with E-state index in [1.54, 1.807) is 12.3 Å². The Balaban J connectivity index is 2.86. The van der Waals surface area contributed by atoms with Gasteiger partial charge in [0.15, 0.2) is 0 Å². The third-order valence-electron chi connectivity index (χ3n) is 1.36. The summed E-state index contributed by atoms with van der Waals surface area (Å²) in [5, 5.41) is 4.35. The Labute approximate surface area is 62.4 Å². The normalized spacial score (nSPS) is 10.5. The molecule has 2 nitrogen and oxygen atoms in total. The summed E-state index contributed by atoms with van der Waals surface area (Å²) in [6.07, 6.45) is 1.78. The molecule has 0 fully saturated rings. The van der Waals surface area contributed by atoms with E-state index in [1.165, 1.54) is 0 Å². The van der Waals surface area contributed by atoms with E-state index in [-0.39, 0.29) is 0 Å². The van der Waals surface area contributed by atoms with E-state index >= 15 is 0 Å². The molecular formula is C7H5ClNO+. The van der Waals surface area contributed by atoms with Gasteiger partial charge >= 0.3 is 0 Å². The molecule has 1 aromatic carbocycles. The number of H-pyrrole nitrogens is 1. The lowest BCUT2D eigenvalue weighted by Crippen LogP contribution is -1.87. The number of aromatic amines is 1. The van der Waals surface area contributed by atoms with E-state index in [0.717, 1.165) is 11.0 Å². The third-order valence-corrected chi connectivity index (χ3v) is 1.59. The highest BCUT2D eigenvalue weighted by Gasteiger charge is 2.00. The average Bonchev–Trinajstić information content (AvgIpc) is 2.33. The van der Waals surface area contributed by atoms with Gasteiger partial charge in [0.25, 0.3) is 0 Å². The van der Waals surface area contributed by atoms with Crippen LogP contribution in [0.25, 0.3) is 11.0 Å². The van der Waals surface area contributed by atoms with Gasteiger partial charge in [0.1, 0.15) is 0 Å². The average molecular weight is 155 g/mol. The Bertz CT molecular complexity index is 355. The first kappa shape index (κ1) is 5.74. The van der Waals surface area contributed by atoms with Crippen LogP contribution in [-0.4, -0.2) is 0 Å². The predicted molar refractivity (Wildman–Crippen MR) is 37.8 cm³/mol. The maximum atomic E-state index is 5.70. The molecule has 1 heterocycles. The number of hydrogen-bond donors (Lipinski definition) is 0. The lowest BCUT2D eigenvalue weighted by Gasteiger charge is -1.82. The lowest BCUT2D eigenvalue weighted by molar-refractivity contribution is -0.602. The lowest BCUT2D eigenvalue weighted by atomic mass is 10.3. The molecule has 0 atom stereocenters. The van der Waals surface area contributed by atoms with Crippen molar-refractivity contribution < 1.29 is 9.68 Å². The number of aromatic nitrogens is 1. The number of rotatable bonds is 0. The molecule has 0 unspecified atom stereocenters. The number of benzene rings is 1. The first-order chi connectivity index (χ1) is 4.86. The van der Waals surface area contributed by atoms with E-state index in [4.69, 9.17) is 16.1 Å². The standard InChI is InChI=1S/C7H4ClNO/c8-6-2-1-5-4-9-10-7(5)3-6/h1-4H/p+1. The first-order valence-corrected chi connectivity index (χ1v) is 3.29. The second-order valence-electron chi connectivity index (χ2n) is 2.05. The summed E-state index contributed by atoms with van der Waals surface area (Å²) < 4.78 is 4.99. The molecule has 0 amide bonds. The van der Waals surface area contributed by atoms with Gasteiger partial charge in [-0.3, -0.25) is 0 Å². The largest absolute Gasteiger partial charge is 0.238 e. The van der Waals surface area contributed by atoms with Crippen molar-refractivity contribution in [3.8, 4) is 0 Å². The number of halogens is 1. The molecule has 2 rings (SSSR count). The predicted octanol–water partition coefficient (Wildman–Crippen LogP) is 1.90. The molecule has 1 N–H and O–H groups in total. The molecule has 0 aliphatic carbocycles. The summed E-state index contributed by atoms with van der Waals surface area (Å²) in [5.41, 5.74) is 0.785. The Morgan fingerprint density at radius 3 is 3.20 bits per heavy atom. The summed E-state index contributed by atoms with van der Waals surface area (Å²) in [5.74, 6) is 0. The Kier molecular flexibility index (Phi) is 1.14. The van der Waals surface area contributed by atoms with E-state index in [1.807, 2.05) is 12.1 Å².